The molecular weight excluding hydrogens is 342 g/mol. The van der Waals surface area contributed by atoms with E-state index in [9.17, 15) is 8.42 Å². The average molecular weight is 354 g/mol. The van der Waals surface area contributed by atoms with E-state index >= 15 is 0 Å². The summed E-state index contributed by atoms with van der Waals surface area (Å²) in [6.07, 6.45) is 0. The Labute approximate surface area is 136 Å². The van der Waals surface area contributed by atoms with Gasteiger partial charge in [0, 0.05) is 13.1 Å². The topological polar surface area (TPSA) is 55.2 Å². The van der Waals surface area contributed by atoms with Gasteiger partial charge in [-0.15, -0.1) is 11.3 Å². The van der Waals surface area contributed by atoms with Gasteiger partial charge in [-0.2, -0.15) is 4.31 Å². The second kappa shape index (κ2) is 5.06. The summed E-state index contributed by atoms with van der Waals surface area (Å²) in [6.45, 7) is 1.33. The molecule has 0 spiro atoms. The maximum absolute atomic E-state index is 12.7. The number of benzene rings is 1. The minimum atomic E-state index is -3.51. The molecule has 0 bridgehead atoms. The van der Waals surface area contributed by atoms with Gasteiger partial charge in [-0.3, -0.25) is 0 Å². The number of halogens is 1. The number of hydrogen-bond acceptors (Lipinski definition) is 4. The molecule has 0 aliphatic carbocycles. The van der Waals surface area contributed by atoms with Crippen LogP contribution in [-0.4, -0.2) is 28.8 Å². The molecule has 0 fully saturated rings. The molecule has 22 heavy (non-hydrogen) atoms. The Morgan fingerprint density at radius 3 is 2.73 bits per heavy atom. The third kappa shape index (κ3) is 2.16. The monoisotopic (exact) mass is 353 g/mol. The number of fused-ring (bicyclic) bond motifs is 3. The lowest BCUT2D eigenvalue weighted by Crippen LogP contribution is -2.38. The van der Waals surface area contributed by atoms with Crippen LogP contribution in [0, 0.1) is 0 Å². The molecule has 1 aromatic carbocycles. The van der Waals surface area contributed by atoms with E-state index in [0.29, 0.717) is 17.4 Å². The van der Waals surface area contributed by atoms with Gasteiger partial charge in [0.25, 0.3) is 10.0 Å². The van der Waals surface area contributed by atoms with Gasteiger partial charge in [-0.1, -0.05) is 23.7 Å². The average Bonchev–Trinajstić information content (AvgIpc) is 3.10. The van der Waals surface area contributed by atoms with Crippen LogP contribution in [0.3, 0.4) is 0 Å². The lowest BCUT2D eigenvalue weighted by Gasteiger charge is -2.26. The molecule has 3 heterocycles. The number of thiophene rings is 1. The van der Waals surface area contributed by atoms with Crippen LogP contribution >= 0.6 is 22.9 Å². The Morgan fingerprint density at radius 1 is 1.14 bits per heavy atom. The first-order valence-corrected chi connectivity index (χ1v) is 9.39. The maximum Gasteiger partial charge on any atom is 0.253 e. The highest BCUT2D eigenvalue weighted by Gasteiger charge is 2.31. The zero-order valence-corrected chi connectivity index (χ0v) is 13.8. The van der Waals surface area contributed by atoms with Crippen LogP contribution in [0.4, 0.5) is 0 Å². The van der Waals surface area contributed by atoms with Crippen molar-refractivity contribution in [3.63, 3.8) is 0 Å². The lowest BCUT2D eigenvalue weighted by molar-refractivity contribution is 0.340. The Kier molecular flexibility index (Phi) is 3.26. The zero-order chi connectivity index (χ0) is 15.3. The van der Waals surface area contributed by atoms with Crippen LogP contribution in [0.25, 0.3) is 11.0 Å². The molecule has 0 radical (unpaired) electrons. The van der Waals surface area contributed by atoms with Crippen molar-refractivity contribution in [1.29, 1.82) is 0 Å². The molecule has 4 rings (SSSR count). The predicted molar refractivity (Wildman–Crippen MR) is 86.7 cm³/mol. The summed E-state index contributed by atoms with van der Waals surface area (Å²) in [7, 11) is -3.51. The predicted octanol–water partition coefficient (Wildman–Crippen LogP) is 2.96. The summed E-state index contributed by atoms with van der Waals surface area (Å²) in [5, 5.41) is 0. The molecule has 0 amide bonds. The van der Waals surface area contributed by atoms with E-state index in [-0.39, 0.29) is 10.8 Å². The molecular formula is C14H12ClN3O2S2. The minimum Gasteiger partial charge on any atom is -0.326 e. The molecule has 0 atom stereocenters. The van der Waals surface area contributed by atoms with Crippen molar-refractivity contribution in [2.24, 2.45) is 0 Å². The standard InChI is InChI=1S/C14H12ClN3O2S2/c15-12-5-6-14(21-12)22(19,20)17-7-8-18-11-4-2-1-3-10(11)16-13(18)9-17/h1-6H,7-9H2. The van der Waals surface area contributed by atoms with Crippen LogP contribution < -0.4 is 0 Å². The Bertz CT molecular complexity index is 962. The molecule has 1 aliphatic heterocycles. The van der Waals surface area contributed by atoms with Gasteiger partial charge in [-0.25, -0.2) is 13.4 Å². The van der Waals surface area contributed by atoms with E-state index in [1.165, 1.54) is 4.31 Å². The molecule has 0 saturated heterocycles. The van der Waals surface area contributed by atoms with Crippen molar-refractivity contribution in [1.82, 2.24) is 13.9 Å². The summed E-state index contributed by atoms with van der Waals surface area (Å²) < 4.78 is 29.6. The van der Waals surface area contributed by atoms with Crippen molar-refractivity contribution in [3.05, 3.63) is 46.6 Å². The lowest BCUT2D eigenvalue weighted by atomic mass is 10.3. The number of hydrogen-bond donors (Lipinski definition) is 0. The summed E-state index contributed by atoms with van der Waals surface area (Å²) in [6, 6.07) is 11.0. The van der Waals surface area contributed by atoms with Crippen LogP contribution in [0.5, 0.6) is 0 Å². The highest BCUT2D eigenvalue weighted by Crippen LogP contribution is 2.30. The Hall–Kier alpha value is -1.41. The summed E-state index contributed by atoms with van der Waals surface area (Å²) in [4.78, 5) is 4.55. The largest absolute Gasteiger partial charge is 0.326 e. The van der Waals surface area contributed by atoms with Gasteiger partial charge >= 0.3 is 0 Å². The number of para-hydroxylation sites is 2. The van der Waals surface area contributed by atoms with Gasteiger partial charge < -0.3 is 4.57 Å². The van der Waals surface area contributed by atoms with E-state index < -0.39 is 10.0 Å². The Morgan fingerprint density at radius 2 is 1.95 bits per heavy atom. The molecule has 5 nitrogen and oxygen atoms in total. The highest BCUT2D eigenvalue weighted by molar-refractivity contribution is 7.91. The molecule has 114 valence electrons. The zero-order valence-electron chi connectivity index (χ0n) is 11.4. The van der Waals surface area contributed by atoms with Crippen molar-refractivity contribution >= 4 is 44.0 Å². The van der Waals surface area contributed by atoms with E-state index in [1.807, 2.05) is 24.3 Å². The second-order valence-corrected chi connectivity index (χ2v) is 8.95. The van der Waals surface area contributed by atoms with Crippen LogP contribution in [0.2, 0.25) is 4.34 Å². The van der Waals surface area contributed by atoms with E-state index in [2.05, 4.69) is 9.55 Å². The molecule has 2 aromatic heterocycles. The first-order chi connectivity index (χ1) is 10.6. The van der Waals surface area contributed by atoms with Gasteiger partial charge in [0.1, 0.15) is 10.0 Å². The first kappa shape index (κ1) is 14.2. The van der Waals surface area contributed by atoms with Gasteiger partial charge in [-0.05, 0) is 24.3 Å². The molecule has 1 aliphatic rings. The normalized spacial score (nSPS) is 16.0. The summed E-state index contributed by atoms with van der Waals surface area (Å²) in [5.74, 6) is 0.777. The Balaban J connectivity index is 1.72. The van der Waals surface area contributed by atoms with Crippen molar-refractivity contribution in [2.45, 2.75) is 17.3 Å². The van der Waals surface area contributed by atoms with Crippen LogP contribution in [0.15, 0.2) is 40.6 Å². The number of sulfonamides is 1. The van der Waals surface area contributed by atoms with Crippen molar-refractivity contribution < 1.29 is 8.42 Å². The smallest absolute Gasteiger partial charge is 0.253 e. The minimum absolute atomic E-state index is 0.280. The number of nitrogens with zero attached hydrogens (tertiary/aromatic N) is 3. The molecule has 0 unspecified atom stereocenters. The van der Waals surface area contributed by atoms with Crippen LogP contribution in [0.1, 0.15) is 5.82 Å². The molecule has 3 aromatic rings. The van der Waals surface area contributed by atoms with E-state index in [4.69, 9.17) is 11.6 Å². The molecule has 0 saturated carbocycles. The van der Waals surface area contributed by atoms with Gasteiger partial charge in [0.2, 0.25) is 0 Å². The fourth-order valence-electron chi connectivity index (χ4n) is 2.71. The van der Waals surface area contributed by atoms with Crippen LogP contribution in [-0.2, 0) is 23.1 Å². The summed E-state index contributed by atoms with van der Waals surface area (Å²) >= 11 is 6.94. The maximum atomic E-state index is 12.7. The highest BCUT2D eigenvalue weighted by atomic mass is 35.5. The second-order valence-electron chi connectivity index (χ2n) is 5.07. The number of aromatic nitrogens is 2. The quantitative estimate of drug-likeness (QED) is 0.711. The fourth-order valence-corrected chi connectivity index (χ4v) is 5.74. The first-order valence-electron chi connectivity index (χ1n) is 6.75. The number of imidazole rings is 1. The summed E-state index contributed by atoms with van der Waals surface area (Å²) in [5.41, 5.74) is 1.95. The third-order valence-corrected chi connectivity index (χ3v) is 7.31. The van der Waals surface area contributed by atoms with Crippen molar-refractivity contribution in [2.75, 3.05) is 6.54 Å². The SMILES string of the molecule is O=S(=O)(c1ccc(Cl)s1)N1CCn2c(nc3ccccc32)C1. The van der Waals surface area contributed by atoms with Crippen molar-refractivity contribution in [3.8, 4) is 0 Å². The van der Waals surface area contributed by atoms with Gasteiger partial charge in [0.05, 0.1) is 21.9 Å². The van der Waals surface area contributed by atoms with E-state index in [0.717, 1.165) is 28.2 Å². The fraction of sp³-hybridized carbons (Fsp3) is 0.214. The van der Waals surface area contributed by atoms with E-state index in [1.54, 1.807) is 12.1 Å². The number of rotatable bonds is 2. The molecule has 0 N–H and O–H groups in total. The van der Waals surface area contributed by atoms with Gasteiger partial charge in [0.15, 0.2) is 0 Å². The molecule has 8 heteroatoms. The third-order valence-electron chi connectivity index (χ3n) is 3.77.